The largest absolute Gasteiger partial charge is 0.384 e. The van der Waals surface area contributed by atoms with Crippen LogP contribution in [-0.4, -0.2) is 50.1 Å². The lowest BCUT2D eigenvalue weighted by Gasteiger charge is -2.45. The molecule has 1 aliphatic heterocycles. The van der Waals surface area contributed by atoms with Gasteiger partial charge in [0.25, 0.3) is 0 Å². The third-order valence-corrected chi connectivity index (χ3v) is 5.97. The molecule has 0 spiro atoms. The molecule has 2 aromatic rings. The average molecular weight is 378 g/mol. The van der Waals surface area contributed by atoms with E-state index in [0.29, 0.717) is 19.7 Å². The number of benzene rings is 2. The van der Waals surface area contributed by atoms with Gasteiger partial charge in [-0.25, -0.2) is 0 Å². The normalized spacial score (nSPS) is 18.7. The van der Waals surface area contributed by atoms with Gasteiger partial charge in [0.1, 0.15) is 6.54 Å². The number of para-hydroxylation sites is 1. The SMILES string of the molecule is COCC1(C(=O)N2CCN(c3ccccc3-c3ccccc3)C(=O)C2)CCC1. The van der Waals surface area contributed by atoms with Gasteiger partial charge >= 0.3 is 0 Å². The van der Waals surface area contributed by atoms with Crippen LogP contribution in [0, 0.1) is 5.41 Å². The van der Waals surface area contributed by atoms with Crippen molar-refractivity contribution in [2.45, 2.75) is 19.3 Å². The first-order valence-electron chi connectivity index (χ1n) is 9.88. The molecule has 146 valence electrons. The standard InChI is InChI=1S/C23H26N2O3/c1-28-17-23(12-7-13-23)22(27)24-14-15-25(21(26)16-24)20-11-6-5-10-19(20)18-8-3-2-4-9-18/h2-6,8-11H,7,12-17H2,1H3. The van der Waals surface area contributed by atoms with Gasteiger partial charge in [-0.3, -0.25) is 9.59 Å². The molecule has 0 aromatic heterocycles. The van der Waals surface area contributed by atoms with Crippen LogP contribution >= 0.6 is 0 Å². The van der Waals surface area contributed by atoms with E-state index < -0.39 is 5.41 Å². The zero-order chi connectivity index (χ0) is 19.6. The van der Waals surface area contributed by atoms with Gasteiger partial charge in [0.2, 0.25) is 11.8 Å². The first-order valence-corrected chi connectivity index (χ1v) is 9.88. The van der Waals surface area contributed by atoms with E-state index in [4.69, 9.17) is 4.74 Å². The van der Waals surface area contributed by atoms with Crippen LogP contribution in [0.15, 0.2) is 54.6 Å². The summed E-state index contributed by atoms with van der Waals surface area (Å²) >= 11 is 0. The van der Waals surface area contributed by atoms with Crippen LogP contribution in [0.4, 0.5) is 5.69 Å². The van der Waals surface area contributed by atoms with Gasteiger partial charge < -0.3 is 14.5 Å². The van der Waals surface area contributed by atoms with E-state index in [-0.39, 0.29) is 18.4 Å². The minimum Gasteiger partial charge on any atom is -0.384 e. The fourth-order valence-corrected chi connectivity index (χ4v) is 4.31. The van der Waals surface area contributed by atoms with E-state index in [1.807, 2.05) is 59.5 Å². The van der Waals surface area contributed by atoms with Crippen molar-refractivity contribution in [3.8, 4) is 11.1 Å². The van der Waals surface area contributed by atoms with Crippen LogP contribution in [0.25, 0.3) is 11.1 Å². The smallest absolute Gasteiger partial charge is 0.246 e. The van der Waals surface area contributed by atoms with E-state index in [9.17, 15) is 9.59 Å². The molecule has 2 amide bonds. The molecular formula is C23H26N2O3. The Balaban J connectivity index is 1.53. The zero-order valence-electron chi connectivity index (χ0n) is 16.3. The molecule has 2 fully saturated rings. The van der Waals surface area contributed by atoms with Crippen molar-refractivity contribution < 1.29 is 14.3 Å². The lowest BCUT2D eigenvalue weighted by molar-refractivity contribution is -0.154. The maximum Gasteiger partial charge on any atom is 0.246 e. The molecule has 2 aromatic carbocycles. The molecule has 0 radical (unpaired) electrons. The number of methoxy groups -OCH3 is 1. The highest BCUT2D eigenvalue weighted by atomic mass is 16.5. The maximum atomic E-state index is 13.0. The molecule has 1 saturated carbocycles. The van der Waals surface area contributed by atoms with Gasteiger partial charge in [-0.1, -0.05) is 55.0 Å². The first-order chi connectivity index (χ1) is 13.6. The van der Waals surface area contributed by atoms with Gasteiger partial charge in [0, 0.05) is 25.8 Å². The highest BCUT2D eigenvalue weighted by Crippen LogP contribution is 2.43. The van der Waals surface area contributed by atoms with Crippen molar-refractivity contribution in [2.75, 3.05) is 38.3 Å². The molecule has 5 nitrogen and oxygen atoms in total. The summed E-state index contributed by atoms with van der Waals surface area (Å²) < 4.78 is 5.30. The Labute approximate surface area is 165 Å². The summed E-state index contributed by atoms with van der Waals surface area (Å²) in [5.41, 5.74) is 2.60. The van der Waals surface area contributed by atoms with E-state index in [0.717, 1.165) is 36.1 Å². The van der Waals surface area contributed by atoms with Crippen LogP contribution in [0.1, 0.15) is 19.3 Å². The number of carbonyl (C=O) groups is 2. The number of anilines is 1. The van der Waals surface area contributed by atoms with Crippen molar-refractivity contribution in [1.29, 1.82) is 0 Å². The highest BCUT2D eigenvalue weighted by molar-refractivity contribution is 6.01. The third-order valence-electron chi connectivity index (χ3n) is 5.97. The molecule has 28 heavy (non-hydrogen) atoms. The van der Waals surface area contributed by atoms with Crippen LogP contribution in [0.3, 0.4) is 0 Å². The number of ether oxygens (including phenoxy) is 1. The number of nitrogens with zero attached hydrogens (tertiary/aromatic N) is 2. The number of hydrogen-bond donors (Lipinski definition) is 0. The third kappa shape index (κ3) is 3.31. The molecule has 0 N–H and O–H groups in total. The minimum absolute atomic E-state index is 0.0325. The van der Waals surface area contributed by atoms with Crippen LogP contribution < -0.4 is 4.90 Å². The average Bonchev–Trinajstić information content (AvgIpc) is 2.71. The Kier molecular flexibility index (Phi) is 5.18. The van der Waals surface area contributed by atoms with E-state index in [1.54, 1.807) is 12.0 Å². The van der Waals surface area contributed by atoms with Gasteiger partial charge in [0.05, 0.1) is 17.7 Å². The Morgan fingerprint density at radius 3 is 2.39 bits per heavy atom. The first kappa shape index (κ1) is 18.7. The predicted molar refractivity (Wildman–Crippen MR) is 109 cm³/mol. The summed E-state index contributed by atoms with van der Waals surface area (Å²) in [7, 11) is 1.64. The molecule has 4 rings (SSSR count). The number of hydrogen-bond acceptors (Lipinski definition) is 3. The van der Waals surface area contributed by atoms with Gasteiger partial charge in [-0.2, -0.15) is 0 Å². The quantitative estimate of drug-likeness (QED) is 0.802. The second-order valence-corrected chi connectivity index (χ2v) is 7.72. The molecular weight excluding hydrogens is 352 g/mol. The Morgan fingerprint density at radius 1 is 1.04 bits per heavy atom. The van der Waals surface area contributed by atoms with E-state index in [1.165, 1.54) is 0 Å². The Bertz CT molecular complexity index is 861. The second-order valence-electron chi connectivity index (χ2n) is 7.72. The molecule has 1 saturated heterocycles. The summed E-state index contributed by atoms with van der Waals surface area (Å²) in [6.45, 7) is 1.64. The summed E-state index contributed by atoms with van der Waals surface area (Å²) in [5.74, 6) is 0.0415. The van der Waals surface area contributed by atoms with Crippen molar-refractivity contribution in [2.24, 2.45) is 5.41 Å². The lowest BCUT2D eigenvalue weighted by atomic mass is 9.68. The molecule has 1 aliphatic carbocycles. The highest BCUT2D eigenvalue weighted by Gasteiger charge is 2.47. The van der Waals surface area contributed by atoms with Gasteiger partial charge in [0.15, 0.2) is 0 Å². The number of carbonyl (C=O) groups excluding carboxylic acids is 2. The van der Waals surface area contributed by atoms with Crippen molar-refractivity contribution >= 4 is 17.5 Å². The molecule has 2 aliphatic rings. The minimum atomic E-state index is -0.418. The lowest BCUT2D eigenvalue weighted by Crippen LogP contribution is -2.58. The monoisotopic (exact) mass is 378 g/mol. The molecule has 0 unspecified atom stereocenters. The van der Waals surface area contributed by atoms with Crippen molar-refractivity contribution in [3.63, 3.8) is 0 Å². The summed E-state index contributed by atoms with van der Waals surface area (Å²) in [6, 6.07) is 18.0. The predicted octanol–water partition coefficient (Wildman–Crippen LogP) is 3.35. The molecule has 0 bridgehead atoms. The Hall–Kier alpha value is -2.66. The summed E-state index contributed by atoms with van der Waals surface area (Å²) in [5, 5.41) is 0. The Morgan fingerprint density at radius 2 is 1.75 bits per heavy atom. The zero-order valence-corrected chi connectivity index (χ0v) is 16.3. The van der Waals surface area contributed by atoms with E-state index in [2.05, 4.69) is 0 Å². The van der Waals surface area contributed by atoms with Crippen molar-refractivity contribution in [1.82, 2.24) is 4.90 Å². The summed E-state index contributed by atoms with van der Waals surface area (Å²) in [6.07, 6.45) is 2.75. The van der Waals surface area contributed by atoms with Crippen LogP contribution in [0.2, 0.25) is 0 Å². The van der Waals surface area contributed by atoms with Crippen LogP contribution in [0.5, 0.6) is 0 Å². The number of rotatable bonds is 5. The maximum absolute atomic E-state index is 13.0. The van der Waals surface area contributed by atoms with E-state index >= 15 is 0 Å². The van der Waals surface area contributed by atoms with Crippen molar-refractivity contribution in [3.05, 3.63) is 54.6 Å². The van der Waals surface area contributed by atoms with Crippen LogP contribution in [-0.2, 0) is 14.3 Å². The summed E-state index contributed by atoms with van der Waals surface area (Å²) in [4.78, 5) is 29.6. The van der Waals surface area contributed by atoms with Gasteiger partial charge in [-0.15, -0.1) is 0 Å². The van der Waals surface area contributed by atoms with Gasteiger partial charge in [-0.05, 0) is 24.5 Å². The molecule has 5 heteroatoms. The fraction of sp³-hybridized carbons (Fsp3) is 0.391. The number of piperazine rings is 1. The number of amides is 2. The topological polar surface area (TPSA) is 49.9 Å². The molecule has 1 heterocycles. The second kappa shape index (κ2) is 7.76. The molecule has 0 atom stereocenters. The fourth-order valence-electron chi connectivity index (χ4n) is 4.31.